The number of hydrogen-bond donors (Lipinski definition) is 2. The van der Waals surface area contributed by atoms with Crippen LogP contribution in [0.3, 0.4) is 0 Å². The molecular formula is C13H28N2O. The summed E-state index contributed by atoms with van der Waals surface area (Å²) in [5.41, 5.74) is 0.216. The molecule has 0 unspecified atom stereocenters. The summed E-state index contributed by atoms with van der Waals surface area (Å²) in [6.45, 7) is 9.61. The summed E-state index contributed by atoms with van der Waals surface area (Å²) in [7, 11) is 2.17. The number of nitrogens with one attached hydrogen (secondary N) is 1. The summed E-state index contributed by atoms with van der Waals surface area (Å²) in [5, 5.41) is 13.4. The molecule has 0 spiro atoms. The maximum absolute atomic E-state index is 9.89. The second kappa shape index (κ2) is 5.99. The van der Waals surface area contributed by atoms with Crippen LogP contribution >= 0.6 is 0 Å². The monoisotopic (exact) mass is 228 g/mol. The van der Waals surface area contributed by atoms with Gasteiger partial charge < -0.3 is 15.3 Å². The van der Waals surface area contributed by atoms with E-state index in [1.807, 2.05) is 0 Å². The standard InChI is InChI=1S/C13H28N2O/c1-13(2,3)9-12(16)10-14-11-5-7-15(4)8-6-11/h11-12,14,16H,5-10H2,1-4H3/t12-/m0/s1. The van der Waals surface area contributed by atoms with Gasteiger partial charge in [0.25, 0.3) is 0 Å². The van der Waals surface area contributed by atoms with Crippen molar-refractivity contribution in [3.8, 4) is 0 Å². The third kappa shape index (κ3) is 5.83. The fraction of sp³-hybridized carbons (Fsp3) is 1.00. The SMILES string of the molecule is CN1CCC(NC[C@@H](O)CC(C)(C)C)CC1. The molecule has 0 saturated carbocycles. The van der Waals surface area contributed by atoms with Gasteiger partial charge in [0.1, 0.15) is 0 Å². The van der Waals surface area contributed by atoms with Crippen LogP contribution < -0.4 is 5.32 Å². The van der Waals surface area contributed by atoms with Crippen molar-refractivity contribution in [1.82, 2.24) is 10.2 Å². The highest BCUT2D eigenvalue weighted by atomic mass is 16.3. The third-order valence-electron chi connectivity index (χ3n) is 3.21. The highest BCUT2D eigenvalue weighted by molar-refractivity contribution is 4.78. The van der Waals surface area contributed by atoms with Crippen molar-refractivity contribution in [1.29, 1.82) is 0 Å². The van der Waals surface area contributed by atoms with Crippen LogP contribution in [0.5, 0.6) is 0 Å². The molecule has 1 atom stereocenters. The lowest BCUT2D eigenvalue weighted by molar-refractivity contribution is 0.111. The number of aliphatic hydroxyl groups is 1. The van der Waals surface area contributed by atoms with Gasteiger partial charge in [0.2, 0.25) is 0 Å². The minimum Gasteiger partial charge on any atom is -0.392 e. The zero-order valence-electron chi connectivity index (χ0n) is 11.3. The average molecular weight is 228 g/mol. The quantitative estimate of drug-likeness (QED) is 0.765. The molecule has 1 saturated heterocycles. The molecule has 1 heterocycles. The summed E-state index contributed by atoms with van der Waals surface area (Å²) in [5.74, 6) is 0. The largest absolute Gasteiger partial charge is 0.392 e. The third-order valence-corrected chi connectivity index (χ3v) is 3.21. The minimum absolute atomic E-state index is 0.209. The van der Waals surface area contributed by atoms with Crippen molar-refractivity contribution >= 4 is 0 Å². The van der Waals surface area contributed by atoms with E-state index in [-0.39, 0.29) is 11.5 Å². The summed E-state index contributed by atoms with van der Waals surface area (Å²) < 4.78 is 0. The summed E-state index contributed by atoms with van der Waals surface area (Å²) in [6, 6.07) is 0.603. The molecule has 1 aliphatic rings. The van der Waals surface area contributed by atoms with Gasteiger partial charge in [-0.15, -0.1) is 0 Å². The Labute approximate surface area is 100 Å². The predicted molar refractivity (Wildman–Crippen MR) is 68.6 cm³/mol. The predicted octanol–water partition coefficient (Wildman–Crippen LogP) is 1.47. The highest BCUT2D eigenvalue weighted by Gasteiger charge is 2.19. The van der Waals surface area contributed by atoms with E-state index in [1.165, 1.54) is 25.9 Å². The van der Waals surface area contributed by atoms with Gasteiger partial charge in [0.15, 0.2) is 0 Å². The lowest BCUT2D eigenvalue weighted by Crippen LogP contribution is -2.43. The first-order chi connectivity index (χ1) is 7.37. The van der Waals surface area contributed by atoms with Crippen molar-refractivity contribution in [3.63, 3.8) is 0 Å². The van der Waals surface area contributed by atoms with Crippen LogP contribution in [0.1, 0.15) is 40.0 Å². The lowest BCUT2D eigenvalue weighted by Gasteiger charge is -2.31. The molecule has 0 aromatic heterocycles. The average Bonchev–Trinajstić information content (AvgIpc) is 2.14. The fourth-order valence-electron chi connectivity index (χ4n) is 2.29. The molecule has 0 aromatic carbocycles. The molecule has 1 fully saturated rings. The van der Waals surface area contributed by atoms with E-state index in [0.717, 1.165) is 13.0 Å². The number of nitrogens with zero attached hydrogens (tertiary/aromatic N) is 1. The minimum atomic E-state index is -0.209. The first-order valence-electron chi connectivity index (χ1n) is 6.47. The number of aliphatic hydroxyl groups excluding tert-OH is 1. The second-order valence-corrected chi connectivity index (χ2v) is 6.40. The van der Waals surface area contributed by atoms with Crippen molar-refractivity contribution < 1.29 is 5.11 Å². The zero-order valence-corrected chi connectivity index (χ0v) is 11.3. The van der Waals surface area contributed by atoms with Crippen LogP contribution in [0.4, 0.5) is 0 Å². The first-order valence-corrected chi connectivity index (χ1v) is 6.47. The normalized spacial score (nSPS) is 22.3. The topological polar surface area (TPSA) is 35.5 Å². The molecule has 2 N–H and O–H groups in total. The Hall–Kier alpha value is -0.120. The molecule has 96 valence electrons. The van der Waals surface area contributed by atoms with Crippen molar-refractivity contribution in [3.05, 3.63) is 0 Å². The first kappa shape index (κ1) is 13.9. The van der Waals surface area contributed by atoms with E-state index in [1.54, 1.807) is 0 Å². The Balaban J connectivity index is 2.14. The van der Waals surface area contributed by atoms with E-state index >= 15 is 0 Å². The van der Waals surface area contributed by atoms with Gasteiger partial charge in [-0.2, -0.15) is 0 Å². The molecule has 3 heteroatoms. The second-order valence-electron chi connectivity index (χ2n) is 6.40. The maximum Gasteiger partial charge on any atom is 0.0669 e. The van der Waals surface area contributed by atoms with Gasteiger partial charge in [-0.1, -0.05) is 20.8 Å². The van der Waals surface area contributed by atoms with Crippen LogP contribution in [0.25, 0.3) is 0 Å². The summed E-state index contributed by atoms with van der Waals surface area (Å²) in [4.78, 5) is 2.36. The molecule has 3 nitrogen and oxygen atoms in total. The molecule has 0 radical (unpaired) electrons. The van der Waals surface area contributed by atoms with Crippen LogP contribution in [0.2, 0.25) is 0 Å². The van der Waals surface area contributed by atoms with E-state index in [9.17, 15) is 5.11 Å². The van der Waals surface area contributed by atoms with Crippen molar-refractivity contribution in [2.45, 2.75) is 52.2 Å². The van der Waals surface area contributed by atoms with Crippen molar-refractivity contribution in [2.24, 2.45) is 5.41 Å². The molecule has 0 aromatic rings. The maximum atomic E-state index is 9.89. The Bertz CT molecular complexity index is 193. The highest BCUT2D eigenvalue weighted by Crippen LogP contribution is 2.20. The number of hydrogen-bond acceptors (Lipinski definition) is 3. The molecule has 0 aliphatic carbocycles. The van der Waals surface area contributed by atoms with Gasteiger partial charge in [-0.3, -0.25) is 0 Å². The number of rotatable bonds is 4. The molecular weight excluding hydrogens is 200 g/mol. The molecule has 0 amide bonds. The Morgan fingerprint density at radius 1 is 1.31 bits per heavy atom. The van der Waals surface area contributed by atoms with E-state index in [0.29, 0.717) is 6.04 Å². The summed E-state index contributed by atoms with van der Waals surface area (Å²) >= 11 is 0. The number of likely N-dealkylation sites (tertiary alicyclic amines) is 1. The van der Waals surface area contributed by atoms with Gasteiger partial charge in [0.05, 0.1) is 6.10 Å². The van der Waals surface area contributed by atoms with Crippen LogP contribution in [0, 0.1) is 5.41 Å². The molecule has 16 heavy (non-hydrogen) atoms. The molecule has 1 aliphatic heterocycles. The zero-order chi connectivity index (χ0) is 12.2. The lowest BCUT2D eigenvalue weighted by atomic mass is 9.89. The van der Waals surface area contributed by atoms with E-state index < -0.39 is 0 Å². The smallest absolute Gasteiger partial charge is 0.0669 e. The fourth-order valence-corrected chi connectivity index (χ4v) is 2.29. The Morgan fingerprint density at radius 3 is 2.38 bits per heavy atom. The molecule has 0 bridgehead atoms. The van der Waals surface area contributed by atoms with Crippen molar-refractivity contribution in [2.75, 3.05) is 26.7 Å². The van der Waals surface area contributed by atoms with E-state index in [2.05, 4.69) is 38.0 Å². The Kier molecular flexibility index (Phi) is 5.22. The van der Waals surface area contributed by atoms with Gasteiger partial charge in [-0.05, 0) is 44.8 Å². The van der Waals surface area contributed by atoms with Crippen LogP contribution in [0.15, 0.2) is 0 Å². The Morgan fingerprint density at radius 2 is 1.88 bits per heavy atom. The van der Waals surface area contributed by atoms with E-state index in [4.69, 9.17) is 0 Å². The van der Waals surface area contributed by atoms with Gasteiger partial charge >= 0.3 is 0 Å². The van der Waals surface area contributed by atoms with Gasteiger partial charge in [0, 0.05) is 12.6 Å². The van der Waals surface area contributed by atoms with Crippen LogP contribution in [-0.4, -0.2) is 48.8 Å². The molecule has 1 rings (SSSR count). The number of piperidine rings is 1. The van der Waals surface area contributed by atoms with Crippen LogP contribution in [-0.2, 0) is 0 Å². The summed E-state index contributed by atoms with van der Waals surface area (Å²) in [6.07, 6.45) is 3.07. The van der Waals surface area contributed by atoms with Gasteiger partial charge in [-0.25, -0.2) is 0 Å².